The molecule has 9 heteroatoms. The Morgan fingerprint density at radius 1 is 1.02 bits per heavy atom. The standard InChI is InChI=1S/C31H43NO7S/c1-20(2)24-16-26(21(3)4)30(27(17-24)22(5)6)40(36,37)39-19-25(33)12-13-28-29(34)14-15-32(28)31(35)38-18-23-10-8-7-9-11-23/h7-13,16-17,20-22,25,28-29,33-34H,14-15,18-19H2,1-6H3/b13-12+/t25-,28-,29-/m0/s1. The van der Waals surface area contributed by atoms with Crippen LogP contribution in [0.1, 0.15) is 88.0 Å². The van der Waals surface area contributed by atoms with Crippen molar-refractivity contribution in [1.29, 1.82) is 0 Å². The number of aliphatic hydroxyl groups is 2. The van der Waals surface area contributed by atoms with Crippen molar-refractivity contribution in [2.24, 2.45) is 0 Å². The normalized spacial score (nSPS) is 18.8. The summed E-state index contributed by atoms with van der Waals surface area (Å²) in [4.78, 5) is 14.2. The van der Waals surface area contributed by atoms with Gasteiger partial charge in [-0.3, -0.25) is 9.08 Å². The number of hydrogen-bond acceptors (Lipinski definition) is 7. The number of ether oxygens (including phenoxy) is 1. The minimum Gasteiger partial charge on any atom is -0.445 e. The summed E-state index contributed by atoms with van der Waals surface area (Å²) in [6.45, 7) is 11.8. The second-order valence-electron chi connectivity index (χ2n) is 11.3. The van der Waals surface area contributed by atoms with Crippen LogP contribution in [0.25, 0.3) is 0 Å². The van der Waals surface area contributed by atoms with Crippen molar-refractivity contribution < 1.29 is 32.3 Å². The van der Waals surface area contributed by atoms with Crippen LogP contribution in [-0.4, -0.2) is 61.0 Å². The summed E-state index contributed by atoms with van der Waals surface area (Å²) in [5.74, 6) is 0.137. The predicted octanol–water partition coefficient (Wildman–Crippen LogP) is 5.45. The molecule has 3 atom stereocenters. The first-order valence-electron chi connectivity index (χ1n) is 13.9. The Labute approximate surface area is 238 Å². The van der Waals surface area contributed by atoms with Gasteiger partial charge in [0.05, 0.1) is 24.9 Å². The molecule has 0 bridgehead atoms. The number of rotatable bonds is 11. The van der Waals surface area contributed by atoms with Crippen LogP contribution >= 0.6 is 0 Å². The molecule has 1 aliphatic rings. The Kier molecular flexibility index (Phi) is 10.9. The molecule has 2 aromatic rings. The van der Waals surface area contributed by atoms with Crippen LogP contribution in [-0.2, 0) is 25.6 Å². The molecular formula is C31H43NO7S. The second kappa shape index (κ2) is 13.8. The van der Waals surface area contributed by atoms with E-state index in [1.165, 1.54) is 17.1 Å². The summed E-state index contributed by atoms with van der Waals surface area (Å²) in [5, 5.41) is 21.0. The fraction of sp³-hybridized carbons (Fsp3) is 0.516. The fourth-order valence-electron chi connectivity index (χ4n) is 4.74. The number of benzene rings is 2. The van der Waals surface area contributed by atoms with Crippen molar-refractivity contribution in [3.63, 3.8) is 0 Å². The van der Waals surface area contributed by atoms with Crippen LogP contribution in [0.2, 0.25) is 0 Å². The summed E-state index contributed by atoms with van der Waals surface area (Å²) in [6, 6.07) is 12.4. The van der Waals surface area contributed by atoms with E-state index in [1.807, 2.05) is 70.2 Å². The highest BCUT2D eigenvalue weighted by molar-refractivity contribution is 7.86. The van der Waals surface area contributed by atoms with Crippen LogP contribution in [0.3, 0.4) is 0 Å². The Hall–Kier alpha value is -2.72. The van der Waals surface area contributed by atoms with Crippen molar-refractivity contribution in [1.82, 2.24) is 4.90 Å². The molecule has 40 heavy (non-hydrogen) atoms. The average Bonchev–Trinajstić information content (AvgIpc) is 3.29. The second-order valence-corrected chi connectivity index (χ2v) is 12.8. The van der Waals surface area contributed by atoms with Crippen molar-refractivity contribution in [3.05, 3.63) is 76.9 Å². The maximum Gasteiger partial charge on any atom is 0.410 e. The SMILES string of the molecule is CC(C)c1cc(C(C)C)c(S(=O)(=O)OC[C@@H](O)/C=C/[C@H]2[C@@H](O)CCN2C(=O)OCc2ccccc2)c(C(C)C)c1. The monoisotopic (exact) mass is 573 g/mol. The molecule has 1 heterocycles. The van der Waals surface area contributed by atoms with Gasteiger partial charge in [-0.25, -0.2) is 4.79 Å². The molecule has 0 unspecified atom stereocenters. The Balaban J connectivity index is 1.71. The largest absolute Gasteiger partial charge is 0.445 e. The van der Waals surface area contributed by atoms with Crippen LogP contribution in [0.4, 0.5) is 4.79 Å². The lowest BCUT2D eigenvalue weighted by Gasteiger charge is -2.24. The number of carbonyl (C=O) groups is 1. The van der Waals surface area contributed by atoms with Crippen LogP contribution < -0.4 is 0 Å². The van der Waals surface area contributed by atoms with Crippen LogP contribution in [0.15, 0.2) is 59.5 Å². The number of nitrogens with zero attached hydrogens (tertiary/aromatic N) is 1. The van der Waals surface area contributed by atoms with E-state index in [-0.39, 0.29) is 29.3 Å². The molecule has 2 aromatic carbocycles. The highest BCUT2D eigenvalue weighted by Gasteiger charge is 2.35. The first-order valence-corrected chi connectivity index (χ1v) is 15.3. The molecule has 1 aliphatic heterocycles. The summed E-state index contributed by atoms with van der Waals surface area (Å²) >= 11 is 0. The zero-order valence-corrected chi connectivity index (χ0v) is 25.1. The topological polar surface area (TPSA) is 113 Å². The maximum absolute atomic E-state index is 13.4. The van der Waals surface area contributed by atoms with Gasteiger partial charge in [0, 0.05) is 6.54 Å². The highest BCUT2D eigenvalue weighted by atomic mass is 32.2. The molecule has 3 rings (SSSR count). The van der Waals surface area contributed by atoms with Crippen molar-refractivity contribution >= 4 is 16.2 Å². The molecule has 1 fully saturated rings. The number of hydrogen-bond donors (Lipinski definition) is 2. The van der Waals surface area contributed by atoms with Gasteiger partial charge in [-0.1, -0.05) is 96.2 Å². The molecule has 0 aliphatic carbocycles. The minimum atomic E-state index is -4.18. The van der Waals surface area contributed by atoms with Crippen LogP contribution in [0, 0.1) is 0 Å². The number of carbonyl (C=O) groups excluding carboxylic acids is 1. The zero-order chi connectivity index (χ0) is 29.6. The number of amides is 1. The lowest BCUT2D eigenvalue weighted by atomic mass is 9.89. The van der Waals surface area contributed by atoms with Gasteiger partial charge in [0.15, 0.2) is 0 Å². The van der Waals surface area contributed by atoms with E-state index in [4.69, 9.17) is 8.92 Å². The van der Waals surface area contributed by atoms with E-state index < -0.39 is 41.1 Å². The van der Waals surface area contributed by atoms with Gasteiger partial charge in [0.1, 0.15) is 11.5 Å². The average molecular weight is 574 g/mol. The van der Waals surface area contributed by atoms with E-state index in [2.05, 4.69) is 13.8 Å². The Morgan fingerprint density at radius 2 is 1.62 bits per heavy atom. The summed E-state index contributed by atoms with van der Waals surface area (Å²) in [6.07, 6.45) is 0.525. The first kappa shape index (κ1) is 31.8. The van der Waals surface area contributed by atoms with Gasteiger partial charge in [0.2, 0.25) is 0 Å². The smallest absolute Gasteiger partial charge is 0.410 e. The fourth-order valence-corrected chi connectivity index (χ4v) is 6.34. The number of aliphatic hydroxyl groups excluding tert-OH is 2. The minimum absolute atomic E-state index is 0.0501. The molecule has 1 amide bonds. The van der Waals surface area contributed by atoms with E-state index in [0.29, 0.717) is 24.1 Å². The van der Waals surface area contributed by atoms with E-state index >= 15 is 0 Å². The van der Waals surface area contributed by atoms with Crippen LogP contribution in [0.5, 0.6) is 0 Å². The molecule has 0 saturated carbocycles. The summed E-state index contributed by atoms with van der Waals surface area (Å²) in [5.41, 5.74) is 3.30. The third-order valence-corrected chi connectivity index (χ3v) is 8.53. The van der Waals surface area contributed by atoms with Crippen molar-refractivity contribution in [2.75, 3.05) is 13.2 Å². The molecule has 8 nitrogen and oxygen atoms in total. The van der Waals surface area contributed by atoms with Gasteiger partial charge in [-0.15, -0.1) is 0 Å². The van der Waals surface area contributed by atoms with Crippen molar-refractivity contribution in [3.8, 4) is 0 Å². The third kappa shape index (κ3) is 7.94. The molecule has 0 spiro atoms. The Morgan fingerprint density at radius 3 is 2.17 bits per heavy atom. The zero-order valence-electron chi connectivity index (χ0n) is 24.3. The molecule has 0 aromatic heterocycles. The van der Waals surface area contributed by atoms with E-state index in [0.717, 1.165) is 11.1 Å². The highest BCUT2D eigenvalue weighted by Crippen LogP contribution is 2.36. The lowest BCUT2D eigenvalue weighted by molar-refractivity contribution is 0.0827. The first-order chi connectivity index (χ1) is 18.8. The molecule has 220 valence electrons. The van der Waals surface area contributed by atoms with Gasteiger partial charge >= 0.3 is 6.09 Å². The Bertz CT molecular complexity index is 1240. The predicted molar refractivity (Wildman–Crippen MR) is 155 cm³/mol. The van der Waals surface area contributed by atoms with Gasteiger partial charge in [-0.05, 0) is 46.4 Å². The van der Waals surface area contributed by atoms with Gasteiger partial charge in [-0.2, -0.15) is 8.42 Å². The maximum atomic E-state index is 13.4. The summed E-state index contributed by atoms with van der Waals surface area (Å²) < 4.78 is 37.7. The molecule has 1 saturated heterocycles. The molecular weight excluding hydrogens is 530 g/mol. The molecule has 2 N–H and O–H groups in total. The van der Waals surface area contributed by atoms with Gasteiger partial charge in [0.25, 0.3) is 10.1 Å². The third-order valence-electron chi connectivity index (χ3n) is 7.11. The number of likely N-dealkylation sites (tertiary alicyclic amines) is 1. The van der Waals surface area contributed by atoms with E-state index in [1.54, 1.807) is 0 Å². The summed E-state index contributed by atoms with van der Waals surface area (Å²) in [7, 11) is -4.18. The van der Waals surface area contributed by atoms with Crippen molar-refractivity contribution in [2.45, 2.75) is 95.5 Å². The quantitative estimate of drug-likeness (QED) is 0.271. The van der Waals surface area contributed by atoms with E-state index in [9.17, 15) is 23.4 Å². The lowest BCUT2D eigenvalue weighted by Crippen LogP contribution is -2.38. The van der Waals surface area contributed by atoms with Gasteiger partial charge < -0.3 is 14.9 Å². The molecule has 0 radical (unpaired) electrons.